The van der Waals surface area contributed by atoms with E-state index in [4.69, 9.17) is 15.0 Å². The van der Waals surface area contributed by atoms with E-state index in [9.17, 15) is 0 Å². The third kappa shape index (κ3) is 5.22. The van der Waals surface area contributed by atoms with E-state index >= 15 is 0 Å². The van der Waals surface area contributed by atoms with Gasteiger partial charge in [0.15, 0.2) is 17.5 Å². The van der Waals surface area contributed by atoms with E-state index in [0.717, 1.165) is 27.8 Å². The van der Waals surface area contributed by atoms with Crippen molar-refractivity contribution in [2.45, 2.75) is 0 Å². The molecule has 0 unspecified atom stereocenters. The molecule has 0 fully saturated rings. The highest BCUT2D eigenvalue weighted by atomic mass is 32.1. The lowest BCUT2D eigenvalue weighted by atomic mass is 9.91. The van der Waals surface area contributed by atoms with E-state index in [1.54, 1.807) is 0 Å². The molecular formula is C51H31N3S. The Balaban J connectivity index is 1.21. The molecule has 4 heteroatoms. The highest BCUT2D eigenvalue weighted by molar-refractivity contribution is 7.27. The van der Waals surface area contributed by atoms with Crippen molar-refractivity contribution >= 4 is 63.8 Å². The Hall–Kier alpha value is -7.01. The Bertz CT molecular complexity index is 3260. The van der Waals surface area contributed by atoms with Crippen molar-refractivity contribution in [2.75, 3.05) is 0 Å². The molecular weight excluding hydrogens is 687 g/mol. The molecule has 256 valence electrons. The Morgan fingerprint density at radius 1 is 0.291 bits per heavy atom. The summed E-state index contributed by atoms with van der Waals surface area (Å²) in [4.78, 5) is 15.9. The van der Waals surface area contributed by atoms with Gasteiger partial charge in [-0.3, -0.25) is 0 Å². The van der Waals surface area contributed by atoms with Crippen LogP contribution in [0.1, 0.15) is 0 Å². The largest absolute Gasteiger partial charge is 0.208 e. The summed E-state index contributed by atoms with van der Waals surface area (Å²) in [5, 5.41) is 9.84. The summed E-state index contributed by atoms with van der Waals surface area (Å²) in [5.41, 5.74) is 7.52. The lowest BCUT2D eigenvalue weighted by molar-refractivity contribution is 1.08. The fourth-order valence-corrected chi connectivity index (χ4v) is 9.51. The number of thiophene rings is 1. The fourth-order valence-electron chi connectivity index (χ4n) is 8.22. The first-order valence-electron chi connectivity index (χ1n) is 18.5. The average molecular weight is 718 g/mol. The summed E-state index contributed by atoms with van der Waals surface area (Å²) in [5.74, 6) is 1.94. The van der Waals surface area contributed by atoms with Crippen LogP contribution < -0.4 is 0 Å². The minimum Gasteiger partial charge on any atom is -0.208 e. The Morgan fingerprint density at radius 3 is 1.51 bits per heavy atom. The van der Waals surface area contributed by atoms with Crippen molar-refractivity contribution in [3.63, 3.8) is 0 Å². The van der Waals surface area contributed by atoms with Gasteiger partial charge in [-0.05, 0) is 67.4 Å². The zero-order chi connectivity index (χ0) is 36.3. The SMILES string of the molecule is c1ccc(-c2nc(-c3cccc(-c4ccccc4-c4ccccc4)c3)nc(-c3cc4c5ccccc5c5ccccc5c4c4sc5ccccc5c34)n2)cc1. The number of hydrogen-bond donors (Lipinski definition) is 0. The number of benzene rings is 9. The Labute approximate surface area is 321 Å². The predicted octanol–water partition coefficient (Wildman–Crippen LogP) is 14.0. The molecule has 3 nitrogen and oxygen atoms in total. The van der Waals surface area contributed by atoms with Crippen LogP contribution in [-0.4, -0.2) is 15.0 Å². The van der Waals surface area contributed by atoms with Gasteiger partial charge in [0, 0.05) is 42.2 Å². The smallest absolute Gasteiger partial charge is 0.164 e. The molecule has 0 spiro atoms. The highest BCUT2D eigenvalue weighted by Gasteiger charge is 2.22. The van der Waals surface area contributed by atoms with Crippen LogP contribution >= 0.6 is 11.3 Å². The second-order valence-electron chi connectivity index (χ2n) is 13.9. The lowest BCUT2D eigenvalue weighted by Crippen LogP contribution is -2.01. The van der Waals surface area contributed by atoms with Crippen LogP contribution in [0.25, 0.3) is 109 Å². The molecule has 0 aliphatic carbocycles. The summed E-state index contributed by atoms with van der Waals surface area (Å²) in [6, 6.07) is 66.7. The molecule has 0 aliphatic rings. The molecule has 11 rings (SSSR count). The Morgan fingerprint density at radius 2 is 0.782 bits per heavy atom. The third-order valence-corrected chi connectivity index (χ3v) is 11.9. The maximum absolute atomic E-state index is 5.38. The molecule has 9 aromatic carbocycles. The molecule has 55 heavy (non-hydrogen) atoms. The van der Waals surface area contributed by atoms with Gasteiger partial charge in [-0.2, -0.15) is 0 Å². The van der Waals surface area contributed by atoms with Crippen molar-refractivity contribution in [3.8, 4) is 56.4 Å². The van der Waals surface area contributed by atoms with Gasteiger partial charge < -0.3 is 0 Å². The summed E-state index contributed by atoms with van der Waals surface area (Å²) >= 11 is 1.85. The first-order chi connectivity index (χ1) is 27.3. The topological polar surface area (TPSA) is 38.7 Å². The van der Waals surface area contributed by atoms with Gasteiger partial charge in [0.1, 0.15) is 0 Å². The van der Waals surface area contributed by atoms with Crippen LogP contribution in [0.4, 0.5) is 0 Å². The van der Waals surface area contributed by atoms with Gasteiger partial charge in [-0.25, -0.2) is 15.0 Å². The van der Waals surface area contributed by atoms with Crippen molar-refractivity contribution in [3.05, 3.63) is 188 Å². The van der Waals surface area contributed by atoms with Gasteiger partial charge in [0.2, 0.25) is 0 Å². The molecule has 0 saturated heterocycles. The maximum Gasteiger partial charge on any atom is 0.164 e. The van der Waals surface area contributed by atoms with Crippen molar-refractivity contribution < 1.29 is 0 Å². The highest BCUT2D eigenvalue weighted by Crippen LogP contribution is 2.48. The lowest BCUT2D eigenvalue weighted by Gasteiger charge is -2.15. The maximum atomic E-state index is 5.38. The zero-order valence-electron chi connectivity index (χ0n) is 29.6. The quantitative estimate of drug-likeness (QED) is 0.166. The molecule has 0 bridgehead atoms. The third-order valence-electron chi connectivity index (χ3n) is 10.7. The molecule has 0 amide bonds. The second-order valence-corrected chi connectivity index (χ2v) is 15.0. The van der Waals surface area contributed by atoms with E-state index in [-0.39, 0.29) is 0 Å². The minimum atomic E-state index is 0.638. The average Bonchev–Trinajstić information content (AvgIpc) is 3.66. The van der Waals surface area contributed by atoms with Gasteiger partial charge in [-0.15, -0.1) is 11.3 Å². The summed E-state index contributed by atoms with van der Waals surface area (Å²) < 4.78 is 2.49. The molecule has 2 aromatic heterocycles. The van der Waals surface area contributed by atoms with Gasteiger partial charge in [0.05, 0.1) is 0 Å². The van der Waals surface area contributed by atoms with Crippen molar-refractivity contribution in [2.24, 2.45) is 0 Å². The number of hydrogen-bond acceptors (Lipinski definition) is 4. The zero-order valence-corrected chi connectivity index (χ0v) is 30.5. The van der Waals surface area contributed by atoms with E-state index in [1.165, 1.54) is 63.6 Å². The second kappa shape index (κ2) is 12.8. The molecule has 0 radical (unpaired) electrons. The van der Waals surface area contributed by atoms with E-state index in [0.29, 0.717) is 17.5 Å². The Kier molecular flexibility index (Phi) is 7.35. The molecule has 11 aromatic rings. The summed E-state index contributed by atoms with van der Waals surface area (Å²) in [6.07, 6.45) is 0. The molecule has 0 aliphatic heterocycles. The van der Waals surface area contributed by atoms with Crippen LogP contribution in [0.3, 0.4) is 0 Å². The summed E-state index contributed by atoms with van der Waals surface area (Å²) in [6.45, 7) is 0. The standard InChI is InChI=1S/C51H31N3S/c1-3-16-32(17-4-1)36-22-7-8-23-37(36)34-20-15-21-35(30-34)50-52-49(33-18-5-2-6-19-33)53-51(54-50)44-31-43-40-26-10-9-24-38(40)39-25-11-12-27-41(39)46(43)48-47(44)42-28-13-14-29-45(42)55-48/h1-31H. The van der Waals surface area contributed by atoms with Gasteiger partial charge in [0.25, 0.3) is 0 Å². The van der Waals surface area contributed by atoms with Crippen LogP contribution in [-0.2, 0) is 0 Å². The van der Waals surface area contributed by atoms with Crippen LogP contribution in [0, 0.1) is 0 Å². The number of rotatable bonds is 5. The van der Waals surface area contributed by atoms with Gasteiger partial charge in [-0.1, -0.05) is 170 Å². The molecule has 2 heterocycles. The van der Waals surface area contributed by atoms with E-state index in [1.807, 2.05) is 29.5 Å². The minimum absolute atomic E-state index is 0.638. The number of fused-ring (bicyclic) bond motifs is 10. The van der Waals surface area contributed by atoms with Crippen LogP contribution in [0.5, 0.6) is 0 Å². The van der Waals surface area contributed by atoms with Crippen molar-refractivity contribution in [1.82, 2.24) is 15.0 Å². The monoisotopic (exact) mass is 717 g/mol. The molecule has 0 saturated carbocycles. The van der Waals surface area contributed by atoms with Gasteiger partial charge >= 0.3 is 0 Å². The first kappa shape index (κ1) is 31.5. The normalized spacial score (nSPS) is 11.6. The van der Waals surface area contributed by atoms with Crippen LogP contribution in [0.15, 0.2) is 188 Å². The van der Waals surface area contributed by atoms with Crippen molar-refractivity contribution in [1.29, 1.82) is 0 Å². The number of nitrogens with zero attached hydrogens (tertiary/aromatic N) is 3. The fraction of sp³-hybridized carbons (Fsp3) is 0. The number of aromatic nitrogens is 3. The molecule has 0 N–H and O–H groups in total. The van der Waals surface area contributed by atoms with Crippen LogP contribution in [0.2, 0.25) is 0 Å². The summed E-state index contributed by atoms with van der Waals surface area (Å²) in [7, 11) is 0. The van der Waals surface area contributed by atoms with E-state index < -0.39 is 0 Å². The first-order valence-corrected chi connectivity index (χ1v) is 19.3. The molecule has 0 atom stereocenters. The van der Waals surface area contributed by atoms with E-state index in [2.05, 4.69) is 170 Å². The predicted molar refractivity (Wildman–Crippen MR) is 232 cm³/mol.